The van der Waals surface area contributed by atoms with Gasteiger partial charge in [0.2, 0.25) is 34.4 Å². The summed E-state index contributed by atoms with van der Waals surface area (Å²) >= 11 is 12.4. The molecule has 44 nitrogen and oxygen atoms in total. The van der Waals surface area contributed by atoms with Crippen LogP contribution in [-0.4, -0.2) is 146 Å². The fraction of sp³-hybridized carbons (Fsp3) is 0. The molecule has 10 rings (SSSR count). The van der Waals surface area contributed by atoms with Crippen molar-refractivity contribution in [2.45, 2.75) is 39.2 Å². The molecule has 2 heterocycles. The molecule has 54 heteroatoms. The minimum absolute atomic E-state index is 0.00378. The second-order valence-corrected chi connectivity index (χ2v) is 33.3. The van der Waals surface area contributed by atoms with E-state index in [2.05, 4.69) is 82.3 Å². The minimum atomic E-state index is -5.31. The molecule has 108 heavy (non-hydrogen) atoms. The molecule has 0 unspecified atom stereocenters. The number of primary amides is 2. The van der Waals surface area contributed by atoms with Gasteiger partial charge < -0.3 is 43.4 Å². The number of fused-ring (bicyclic) bond motifs is 2. The fourth-order valence-electron chi connectivity index (χ4n) is 9.58. The number of azo groups is 2. The van der Waals surface area contributed by atoms with Gasteiger partial charge in [0, 0.05) is 33.5 Å². The maximum Gasteiger partial charge on any atom is 0.316 e. The highest BCUT2D eigenvalue weighted by Crippen LogP contribution is 2.41. The highest BCUT2D eigenvalue weighted by Gasteiger charge is 2.28. The van der Waals surface area contributed by atoms with Gasteiger partial charge in [0.25, 0.3) is 80.9 Å². The Labute approximate surface area is 615 Å². The van der Waals surface area contributed by atoms with Crippen LogP contribution in [0.4, 0.5) is 90.3 Å². The first kappa shape index (κ1) is 79.4. The number of amides is 4. The first-order valence-electron chi connectivity index (χ1n) is 28.1. The van der Waals surface area contributed by atoms with Crippen molar-refractivity contribution in [3.63, 3.8) is 0 Å². The van der Waals surface area contributed by atoms with Crippen molar-refractivity contribution in [2.24, 2.45) is 31.9 Å². The van der Waals surface area contributed by atoms with Gasteiger partial charge in [-0.25, -0.2) is 9.59 Å². The van der Waals surface area contributed by atoms with Gasteiger partial charge in [0.05, 0.1) is 21.2 Å². The topological polar surface area (TPSA) is 720 Å². The summed E-state index contributed by atoms with van der Waals surface area (Å²) in [5, 5.41) is 27.4. The van der Waals surface area contributed by atoms with Crippen LogP contribution in [0.15, 0.2) is 181 Å². The molecule has 564 valence electrons. The van der Waals surface area contributed by atoms with Crippen molar-refractivity contribution < 1.29 is 113 Å². The van der Waals surface area contributed by atoms with Crippen molar-refractivity contribution in [3.05, 3.63) is 143 Å². The number of aromatic nitrogens is 6. The fourth-order valence-corrected chi connectivity index (χ4v) is 15.3. The normalized spacial score (nSPS) is 12.8. The van der Waals surface area contributed by atoms with Gasteiger partial charge in [0.15, 0.2) is 0 Å². The van der Waals surface area contributed by atoms with Gasteiger partial charge >= 0.3 is 12.1 Å². The summed E-state index contributed by atoms with van der Waals surface area (Å²) in [6.45, 7) is 0. The predicted molar refractivity (Wildman–Crippen MR) is 379 cm³/mol. The number of nitrogens with zero attached hydrogens (tertiary/aromatic N) is 10. The first-order valence-corrected chi connectivity index (χ1v) is 40.4. The van der Waals surface area contributed by atoms with Gasteiger partial charge in [0.1, 0.15) is 52.1 Å². The van der Waals surface area contributed by atoms with Gasteiger partial charge in [-0.3, -0.25) is 36.4 Å². The Hall–Kier alpha value is -11.2. The van der Waals surface area contributed by atoms with Crippen molar-refractivity contribution >= 4 is 231 Å². The molecule has 0 atom stereocenters. The number of benzene rings is 8. The summed E-state index contributed by atoms with van der Waals surface area (Å²) in [6, 6.07) is 15.6. The van der Waals surface area contributed by atoms with E-state index in [0.717, 1.165) is 60.7 Å². The molecule has 0 spiro atoms. The molecule has 0 radical (unpaired) electrons. The largest absolute Gasteiger partial charge is 0.351 e. The molecule has 0 aliphatic heterocycles. The van der Waals surface area contributed by atoms with E-state index in [1.807, 2.05) is 0 Å². The molecule has 2 aromatic heterocycles. The summed E-state index contributed by atoms with van der Waals surface area (Å²) in [5.74, 6) is -1.49. The molecule has 18 N–H and O–H groups in total. The lowest BCUT2D eigenvalue weighted by molar-refractivity contribution is 0.258. The Morgan fingerprint density at radius 1 is 0.333 bits per heavy atom. The molecule has 0 saturated heterocycles. The van der Waals surface area contributed by atoms with Gasteiger partial charge in [-0.1, -0.05) is 24.3 Å². The van der Waals surface area contributed by atoms with Crippen molar-refractivity contribution in [1.29, 1.82) is 0 Å². The summed E-state index contributed by atoms with van der Waals surface area (Å²) in [4.78, 5) is 40.2. The number of anilines is 10. The standard InChI is InChI=1S/C54H40Cl2N18O26S8/c55-47-65-51(59-27-7-9-35(37(15-27)63-49(57)75)71-73-39-21-33-25(13-45(39)107(95,96)97)11-31(101(77,78)79)19-43(33)105(89,90)91)69-53(67-47)61-29-5-3-23(41(17-29)103(83,84)85)1-2-24-4-6-30(18-42(24)104(86,87)88)62-54-68-48(56)66-52(70-54)60-28-8-10-36(38(16-28)64-50(58)76)72-74-40-22-34-26(14-46(40)108(98,99)100)12-32(102(80,81)82)20-44(34)106(92,93)94/h1-22H,(H3,57,63,75)(H3,58,64,76)(H,77,78,79)(H,80,81,82)(H,83,84,85)(H,86,87,88)(H,89,90,91)(H,92,93,94)(H,95,96,97)(H,98,99,100)(H2,59,61,65,67,69)(H2,60,62,66,68,70)/b2-1+,73-71?,74-72?. The zero-order valence-corrected chi connectivity index (χ0v) is 60.3. The third-order valence-corrected chi connectivity index (χ3v) is 21.3. The van der Waals surface area contributed by atoms with Crippen LogP contribution >= 0.6 is 23.2 Å². The monoisotopic (exact) mass is 1680 g/mol. The molecule has 0 aliphatic carbocycles. The molecule has 0 saturated carbocycles. The average Bonchev–Trinajstić information content (AvgIpc) is 0.755. The van der Waals surface area contributed by atoms with Crippen LogP contribution in [-0.2, 0) is 80.9 Å². The Morgan fingerprint density at radius 2 is 0.620 bits per heavy atom. The molecule has 0 fully saturated rings. The molecule has 10 aromatic rings. The van der Waals surface area contributed by atoms with Crippen LogP contribution in [0, 0.1) is 0 Å². The van der Waals surface area contributed by atoms with E-state index in [-0.39, 0.29) is 80.4 Å². The lowest BCUT2D eigenvalue weighted by Crippen LogP contribution is -2.19. The molecule has 0 aliphatic rings. The van der Waals surface area contributed by atoms with E-state index in [4.69, 9.17) is 34.7 Å². The van der Waals surface area contributed by atoms with Crippen LogP contribution in [0.1, 0.15) is 11.1 Å². The third-order valence-electron chi connectivity index (χ3n) is 13.9. The van der Waals surface area contributed by atoms with E-state index < -0.39 is 176 Å². The molecule has 0 bridgehead atoms. The Balaban J connectivity index is 0.866. The van der Waals surface area contributed by atoms with Crippen molar-refractivity contribution in [2.75, 3.05) is 31.9 Å². The SMILES string of the molecule is NC(=O)Nc1cc(Nc2nc(Cl)nc(Nc3ccc(/C=C/c4ccc(Nc5nc(Cl)nc(Nc6ccc(N=Nc7cc8c(S(=O)(=O)O)cc(S(=O)(=O)O)cc8cc7S(=O)(=O)O)c(NC(N)=O)c6)n5)cc4S(=O)(=O)O)c(S(=O)(=O)O)c3)n2)ccc1N=Nc1cc2c(S(=O)(=O)O)cc(S(=O)(=O)O)cc2cc1S(=O)(=O)O. The third kappa shape index (κ3) is 19.3. The maximum absolute atomic E-state index is 12.9. The molecular weight excluding hydrogens is 1640 g/mol. The number of carbonyl (C=O) groups excluding carboxylic acids is 2. The van der Waals surface area contributed by atoms with E-state index in [1.165, 1.54) is 24.3 Å². The van der Waals surface area contributed by atoms with Crippen molar-refractivity contribution in [3.8, 4) is 0 Å². The average molecular weight is 1680 g/mol. The Kier molecular flexibility index (Phi) is 21.7. The number of hydrogen-bond donors (Lipinski definition) is 16. The van der Waals surface area contributed by atoms with Crippen LogP contribution in [0.2, 0.25) is 10.6 Å². The van der Waals surface area contributed by atoms with E-state index >= 15 is 0 Å². The zero-order chi connectivity index (χ0) is 79.3. The highest BCUT2D eigenvalue weighted by atomic mass is 35.5. The highest BCUT2D eigenvalue weighted by molar-refractivity contribution is 7.88. The van der Waals surface area contributed by atoms with Crippen LogP contribution in [0.5, 0.6) is 0 Å². The number of halogens is 2. The lowest BCUT2D eigenvalue weighted by Gasteiger charge is -2.12. The van der Waals surface area contributed by atoms with Gasteiger partial charge in [-0.2, -0.15) is 97.2 Å². The maximum atomic E-state index is 12.9. The quantitative estimate of drug-likeness (QED) is 0.0153. The van der Waals surface area contributed by atoms with Gasteiger partial charge in [-0.15, -0.1) is 20.5 Å². The predicted octanol–water partition coefficient (Wildman–Crippen LogP) is 8.60. The number of nitrogens with one attached hydrogen (secondary N) is 6. The number of carbonyl (C=O) groups is 2. The summed E-state index contributed by atoms with van der Waals surface area (Å²) in [7, 11) is -41.9. The van der Waals surface area contributed by atoms with E-state index in [0.29, 0.717) is 48.5 Å². The number of hydrogen-bond acceptors (Lipinski definition) is 32. The smallest absolute Gasteiger partial charge is 0.316 e. The van der Waals surface area contributed by atoms with Gasteiger partial charge in [-0.05, 0) is 154 Å². The van der Waals surface area contributed by atoms with Crippen LogP contribution in [0.3, 0.4) is 0 Å². The Bertz CT molecular complexity index is 6240. The van der Waals surface area contributed by atoms with Crippen molar-refractivity contribution in [1.82, 2.24) is 29.9 Å². The number of nitrogens with two attached hydrogens (primary N) is 2. The minimum Gasteiger partial charge on any atom is -0.351 e. The number of rotatable bonds is 24. The molecule has 8 aromatic carbocycles. The lowest BCUT2D eigenvalue weighted by atomic mass is 10.1. The summed E-state index contributed by atoms with van der Waals surface area (Å²) in [5.41, 5.74) is 7.11. The molecule has 4 amide bonds. The molecular formula is C54H40Cl2N18O26S8. The summed E-state index contributed by atoms with van der Waals surface area (Å²) < 4.78 is 278. The first-order chi connectivity index (χ1) is 49.9. The van der Waals surface area contributed by atoms with Crippen LogP contribution in [0.25, 0.3) is 33.7 Å². The second kappa shape index (κ2) is 29.5. The Morgan fingerprint density at radius 3 is 0.907 bits per heavy atom. The second-order valence-electron chi connectivity index (χ2n) is 21.4. The van der Waals surface area contributed by atoms with E-state index in [1.54, 1.807) is 0 Å². The summed E-state index contributed by atoms with van der Waals surface area (Å²) in [6.07, 6.45) is 2.08. The zero-order valence-electron chi connectivity index (χ0n) is 52.3. The van der Waals surface area contributed by atoms with Crippen LogP contribution < -0.4 is 43.4 Å². The number of urea groups is 2. The van der Waals surface area contributed by atoms with E-state index in [9.17, 15) is 113 Å².